The lowest BCUT2D eigenvalue weighted by Crippen LogP contribution is -2.24. The van der Waals surface area contributed by atoms with Gasteiger partial charge in [-0.1, -0.05) is 39.8 Å². The monoisotopic (exact) mass is 551 g/mol. The van der Waals surface area contributed by atoms with E-state index in [9.17, 15) is 19.7 Å². The van der Waals surface area contributed by atoms with E-state index < -0.39 is 4.92 Å². The normalized spacial score (nSPS) is 11.4. The van der Waals surface area contributed by atoms with Crippen LogP contribution in [0.15, 0.2) is 92.3 Å². The minimum absolute atomic E-state index is 0.0262. The number of nitrogens with one attached hydrogen (secondary N) is 1. The largest absolute Gasteiger partial charge is 0.272 e. The van der Waals surface area contributed by atoms with Gasteiger partial charge in [0.1, 0.15) is 0 Å². The van der Waals surface area contributed by atoms with Gasteiger partial charge in [0.15, 0.2) is 5.16 Å². The van der Waals surface area contributed by atoms with Crippen molar-refractivity contribution in [3.63, 3.8) is 0 Å². The van der Waals surface area contributed by atoms with Gasteiger partial charge >= 0.3 is 0 Å². The molecule has 0 aliphatic heterocycles. The standard InChI is InChI=1S/C24H18BrN5O4S/c1-15(16-6-10-19(11-7-16)30(33)34)27-28-22(31)14-35-24-26-21-5-3-2-4-20(21)23(32)29(24)18-12-8-17(25)9-13-18/h2-13H,14H2,1H3,(H,28,31)/b27-15-. The average molecular weight is 552 g/mol. The first-order valence-corrected chi connectivity index (χ1v) is 12.1. The molecule has 0 bridgehead atoms. The van der Waals surface area contributed by atoms with E-state index in [-0.39, 0.29) is 22.9 Å². The predicted molar refractivity (Wildman–Crippen MR) is 139 cm³/mol. The molecule has 0 saturated heterocycles. The number of benzene rings is 3. The quantitative estimate of drug-likeness (QED) is 0.117. The van der Waals surface area contributed by atoms with Crippen LogP contribution in [-0.2, 0) is 4.79 Å². The van der Waals surface area contributed by atoms with Crippen molar-refractivity contribution in [1.82, 2.24) is 15.0 Å². The topological polar surface area (TPSA) is 119 Å². The van der Waals surface area contributed by atoms with Crippen LogP contribution in [0.25, 0.3) is 16.6 Å². The van der Waals surface area contributed by atoms with Crippen molar-refractivity contribution in [2.45, 2.75) is 12.1 Å². The van der Waals surface area contributed by atoms with Gasteiger partial charge in [-0.3, -0.25) is 24.3 Å². The molecule has 1 amide bonds. The number of hydrogen-bond donors (Lipinski definition) is 1. The number of halogens is 1. The van der Waals surface area contributed by atoms with Gasteiger partial charge in [0.25, 0.3) is 17.2 Å². The molecular weight excluding hydrogens is 534 g/mol. The second kappa shape index (κ2) is 10.6. The van der Waals surface area contributed by atoms with Gasteiger partial charge in [0.2, 0.25) is 0 Å². The predicted octanol–water partition coefficient (Wildman–Crippen LogP) is 4.69. The maximum absolute atomic E-state index is 13.3. The number of nitrogens with zero attached hydrogens (tertiary/aromatic N) is 4. The first-order valence-electron chi connectivity index (χ1n) is 10.3. The number of fused-ring (bicyclic) bond motifs is 1. The van der Waals surface area contributed by atoms with Crippen LogP contribution in [0.2, 0.25) is 0 Å². The van der Waals surface area contributed by atoms with Crippen LogP contribution in [0, 0.1) is 10.1 Å². The first kappa shape index (κ1) is 24.3. The molecule has 9 nitrogen and oxygen atoms in total. The van der Waals surface area contributed by atoms with Crippen LogP contribution in [-0.4, -0.2) is 31.8 Å². The third-order valence-electron chi connectivity index (χ3n) is 5.01. The number of nitro benzene ring substituents is 1. The van der Waals surface area contributed by atoms with Gasteiger partial charge in [-0.15, -0.1) is 0 Å². The Bertz CT molecular complexity index is 1500. The van der Waals surface area contributed by atoms with E-state index >= 15 is 0 Å². The number of hydrazone groups is 1. The van der Waals surface area contributed by atoms with Crippen molar-refractivity contribution >= 4 is 55.9 Å². The number of amides is 1. The van der Waals surface area contributed by atoms with Crippen LogP contribution in [0.3, 0.4) is 0 Å². The molecule has 3 aromatic carbocycles. The molecule has 11 heteroatoms. The first-order chi connectivity index (χ1) is 16.8. The average Bonchev–Trinajstić information content (AvgIpc) is 2.87. The summed E-state index contributed by atoms with van der Waals surface area (Å²) in [7, 11) is 0. The fourth-order valence-corrected chi connectivity index (χ4v) is 4.29. The molecule has 0 saturated carbocycles. The van der Waals surface area contributed by atoms with Crippen LogP contribution < -0.4 is 11.0 Å². The lowest BCUT2D eigenvalue weighted by Gasteiger charge is -2.13. The maximum Gasteiger partial charge on any atom is 0.269 e. The number of hydrogen-bond acceptors (Lipinski definition) is 7. The Morgan fingerprint density at radius 2 is 1.80 bits per heavy atom. The Kier molecular flexibility index (Phi) is 7.37. The molecule has 1 aromatic heterocycles. The highest BCUT2D eigenvalue weighted by Gasteiger charge is 2.15. The summed E-state index contributed by atoms with van der Waals surface area (Å²) in [6, 6.07) is 20.2. The summed E-state index contributed by atoms with van der Waals surface area (Å²) in [5.74, 6) is -0.417. The molecule has 35 heavy (non-hydrogen) atoms. The summed E-state index contributed by atoms with van der Waals surface area (Å²) in [6.07, 6.45) is 0. The fraction of sp³-hybridized carbons (Fsp3) is 0.0833. The highest BCUT2D eigenvalue weighted by molar-refractivity contribution is 9.10. The zero-order chi connectivity index (χ0) is 24.9. The number of para-hydroxylation sites is 1. The SMILES string of the molecule is C/C(=N/NC(=O)CSc1nc2ccccc2c(=O)n1-c1ccc(Br)cc1)c1ccc([N+](=O)[O-])cc1. The molecule has 4 aromatic rings. The van der Waals surface area contributed by atoms with Crippen LogP contribution >= 0.6 is 27.7 Å². The van der Waals surface area contributed by atoms with E-state index in [1.807, 2.05) is 12.1 Å². The highest BCUT2D eigenvalue weighted by Crippen LogP contribution is 2.22. The zero-order valence-corrected chi connectivity index (χ0v) is 20.7. The molecule has 0 radical (unpaired) electrons. The Balaban J connectivity index is 1.54. The van der Waals surface area contributed by atoms with Crippen LogP contribution in [0.1, 0.15) is 12.5 Å². The highest BCUT2D eigenvalue weighted by atomic mass is 79.9. The van der Waals surface area contributed by atoms with E-state index in [0.29, 0.717) is 33.0 Å². The second-order valence-corrected chi connectivity index (χ2v) is 9.21. The number of nitro groups is 1. The smallest absolute Gasteiger partial charge is 0.269 e. The summed E-state index contributed by atoms with van der Waals surface area (Å²) in [5.41, 5.74) is 4.54. The number of non-ortho nitro benzene ring substituents is 1. The lowest BCUT2D eigenvalue weighted by molar-refractivity contribution is -0.384. The summed E-state index contributed by atoms with van der Waals surface area (Å²) >= 11 is 4.52. The number of carbonyl (C=O) groups excluding carboxylic acids is 1. The second-order valence-electron chi connectivity index (χ2n) is 7.35. The van der Waals surface area contributed by atoms with E-state index in [0.717, 1.165) is 16.2 Å². The summed E-state index contributed by atoms with van der Waals surface area (Å²) in [5, 5.41) is 15.7. The third-order valence-corrected chi connectivity index (χ3v) is 6.47. The molecular formula is C24H18BrN5O4S. The van der Waals surface area contributed by atoms with Gasteiger partial charge < -0.3 is 0 Å². The Labute approximate surface area is 212 Å². The zero-order valence-electron chi connectivity index (χ0n) is 18.3. The summed E-state index contributed by atoms with van der Waals surface area (Å²) in [6.45, 7) is 1.69. The maximum atomic E-state index is 13.3. The molecule has 4 rings (SSSR count). The Morgan fingerprint density at radius 3 is 2.49 bits per heavy atom. The van der Waals surface area contributed by atoms with Crippen molar-refractivity contribution in [2.24, 2.45) is 5.10 Å². The molecule has 0 unspecified atom stereocenters. The van der Waals surface area contributed by atoms with Gasteiger partial charge in [-0.05, 0) is 61.0 Å². The minimum Gasteiger partial charge on any atom is -0.272 e. The van der Waals surface area contributed by atoms with E-state index in [4.69, 9.17) is 0 Å². The minimum atomic E-state index is -0.482. The van der Waals surface area contributed by atoms with Gasteiger partial charge in [-0.25, -0.2) is 10.4 Å². The van der Waals surface area contributed by atoms with Crippen molar-refractivity contribution < 1.29 is 9.72 Å². The Hall–Kier alpha value is -3.83. The van der Waals surface area contributed by atoms with Gasteiger partial charge in [0.05, 0.1) is 33.0 Å². The molecule has 0 atom stereocenters. The summed E-state index contributed by atoms with van der Waals surface area (Å²) < 4.78 is 2.36. The molecule has 176 valence electrons. The van der Waals surface area contributed by atoms with E-state index in [1.54, 1.807) is 55.5 Å². The molecule has 0 fully saturated rings. The Morgan fingerprint density at radius 1 is 1.11 bits per heavy atom. The van der Waals surface area contributed by atoms with E-state index in [1.165, 1.54) is 16.7 Å². The molecule has 0 aliphatic carbocycles. The van der Waals surface area contributed by atoms with Gasteiger partial charge in [0, 0.05) is 16.6 Å². The van der Waals surface area contributed by atoms with Gasteiger partial charge in [-0.2, -0.15) is 5.10 Å². The van der Waals surface area contributed by atoms with Crippen LogP contribution in [0.4, 0.5) is 5.69 Å². The number of aromatic nitrogens is 2. The van der Waals surface area contributed by atoms with E-state index in [2.05, 4.69) is 31.4 Å². The molecule has 1 N–H and O–H groups in total. The molecule has 0 aliphatic rings. The number of rotatable bonds is 7. The van der Waals surface area contributed by atoms with Crippen molar-refractivity contribution in [1.29, 1.82) is 0 Å². The van der Waals surface area contributed by atoms with Crippen molar-refractivity contribution in [2.75, 3.05) is 5.75 Å². The number of thioether (sulfide) groups is 1. The number of carbonyl (C=O) groups is 1. The fourth-order valence-electron chi connectivity index (χ4n) is 3.22. The van der Waals surface area contributed by atoms with Crippen molar-refractivity contribution in [3.05, 3.63) is 103 Å². The lowest BCUT2D eigenvalue weighted by atomic mass is 10.1. The van der Waals surface area contributed by atoms with Crippen LogP contribution in [0.5, 0.6) is 0 Å². The molecule has 1 heterocycles. The summed E-state index contributed by atoms with van der Waals surface area (Å²) in [4.78, 5) is 40.7. The van der Waals surface area contributed by atoms with Crippen molar-refractivity contribution in [3.8, 4) is 5.69 Å². The molecule has 0 spiro atoms. The third kappa shape index (κ3) is 5.64.